The Hall–Kier alpha value is -3.49. The number of hydrogen-bond acceptors (Lipinski definition) is 8. The molecule has 3 aromatic carbocycles. The standard InChI is InChI=1S/C35H47N3O8S2/c1-25-14-17-30(18-15-25)47(41,42)36-29-16-19-33-32(21-29)35(40)38(27(3)24-39)22-26(2)34(45-20-10-9-11-28(4)46-33)23-37(5)48(43,44)31-12-7-6-8-13-31/h6-8,12-19,21,26-28,34,36,39H,9-11,20,22-24H2,1-5H3/t26-,27+,28-,34-/m0/s1. The van der Waals surface area contributed by atoms with E-state index in [1.54, 1.807) is 61.5 Å². The number of ether oxygens (including phenoxy) is 2. The average molecular weight is 702 g/mol. The molecule has 262 valence electrons. The molecule has 2 N–H and O–H groups in total. The van der Waals surface area contributed by atoms with Crippen LogP contribution in [0.1, 0.15) is 56.0 Å². The third-order valence-corrected chi connectivity index (χ3v) is 11.8. The molecule has 1 amide bonds. The molecule has 1 aliphatic heterocycles. The van der Waals surface area contributed by atoms with E-state index >= 15 is 0 Å². The van der Waals surface area contributed by atoms with Crippen molar-refractivity contribution in [2.75, 3.05) is 38.1 Å². The topological polar surface area (TPSA) is 143 Å². The fourth-order valence-corrected chi connectivity index (χ4v) is 7.76. The van der Waals surface area contributed by atoms with E-state index in [0.717, 1.165) is 12.0 Å². The molecule has 11 nitrogen and oxygen atoms in total. The average Bonchev–Trinajstić information content (AvgIpc) is 3.06. The van der Waals surface area contributed by atoms with E-state index in [4.69, 9.17) is 9.47 Å². The van der Waals surface area contributed by atoms with Crippen LogP contribution < -0.4 is 9.46 Å². The highest BCUT2D eigenvalue weighted by atomic mass is 32.2. The first-order valence-corrected chi connectivity index (χ1v) is 19.1. The highest BCUT2D eigenvalue weighted by Gasteiger charge is 2.32. The summed E-state index contributed by atoms with van der Waals surface area (Å²) in [6.45, 7) is 7.59. The molecule has 0 aromatic heterocycles. The van der Waals surface area contributed by atoms with Gasteiger partial charge in [-0.25, -0.2) is 16.8 Å². The second-order valence-electron chi connectivity index (χ2n) is 12.5. The van der Waals surface area contributed by atoms with Gasteiger partial charge in [0.05, 0.1) is 40.2 Å². The summed E-state index contributed by atoms with van der Waals surface area (Å²) >= 11 is 0. The highest BCUT2D eigenvalue weighted by molar-refractivity contribution is 7.92. The van der Waals surface area contributed by atoms with Crippen LogP contribution in [0.3, 0.4) is 0 Å². The summed E-state index contributed by atoms with van der Waals surface area (Å²) in [6, 6.07) is 18.6. The number of likely N-dealkylation sites (N-methyl/N-ethyl adjacent to an activating group) is 1. The molecule has 0 saturated carbocycles. The zero-order chi connectivity index (χ0) is 35.1. The van der Waals surface area contributed by atoms with Crippen molar-refractivity contribution in [3.05, 3.63) is 83.9 Å². The van der Waals surface area contributed by atoms with Gasteiger partial charge in [0.25, 0.3) is 15.9 Å². The Morgan fingerprint density at radius 1 is 0.979 bits per heavy atom. The Morgan fingerprint density at radius 3 is 2.33 bits per heavy atom. The number of aliphatic hydroxyl groups excluding tert-OH is 1. The SMILES string of the molecule is Cc1ccc(S(=O)(=O)Nc2ccc3c(c2)C(=O)N([C@H](C)CO)C[C@H](C)[C@H](CN(C)S(=O)(=O)c2ccccc2)OCCCC[C@H](C)O3)cc1. The number of fused-ring (bicyclic) bond motifs is 1. The van der Waals surface area contributed by atoms with Crippen LogP contribution in [0.4, 0.5) is 5.69 Å². The smallest absolute Gasteiger partial charge is 0.261 e. The summed E-state index contributed by atoms with van der Waals surface area (Å²) in [5.74, 6) is -0.527. The Bertz CT molecular complexity index is 1740. The lowest BCUT2D eigenvalue weighted by Gasteiger charge is -2.35. The van der Waals surface area contributed by atoms with Crippen LogP contribution in [0.2, 0.25) is 0 Å². The summed E-state index contributed by atoms with van der Waals surface area (Å²) in [5.41, 5.74) is 1.23. The monoisotopic (exact) mass is 701 g/mol. The van der Waals surface area contributed by atoms with Crippen molar-refractivity contribution in [1.29, 1.82) is 0 Å². The van der Waals surface area contributed by atoms with Gasteiger partial charge in [-0.05, 0) is 82.5 Å². The van der Waals surface area contributed by atoms with E-state index in [0.29, 0.717) is 25.2 Å². The third-order valence-electron chi connectivity index (χ3n) is 8.52. The minimum atomic E-state index is -3.95. The molecule has 4 atom stereocenters. The second-order valence-corrected chi connectivity index (χ2v) is 16.3. The Kier molecular flexibility index (Phi) is 12.7. The lowest BCUT2D eigenvalue weighted by molar-refractivity contribution is -0.00833. The van der Waals surface area contributed by atoms with Gasteiger partial charge >= 0.3 is 0 Å². The van der Waals surface area contributed by atoms with Gasteiger partial charge in [0.2, 0.25) is 10.0 Å². The van der Waals surface area contributed by atoms with Gasteiger partial charge in [-0.3, -0.25) is 9.52 Å². The lowest BCUT2D eigenvalue weighted by Crippen LogP contribution is -2.48. The first-order chi connectivity index (χ1) is 22.7. The van der Waals surface area contributed by atoms with E-state index in [1.807, 2.05) is 20.8 Å². The van der Waals surface area contributed by atoms with Crippen LogP contribution in [0.15, 0.2) is 82.6 Å². The van der Waals surface area contributed by atoms with E-state index in [-0.39, 0.29) is 52.8 Å². The number of nitrogens with one attached hydrogen (secondary N) is 1. The summed E-state index contributed by atoms with van der Waals surface area (Å²) in [7, 11) is -6.24. The molecule has 0 radical (unpaired) electrons. The molecule has 3 aromatic rings. The zero-order valence-electron chi connectivity index (χ0n) is 28.2. The van der Waals surface area contributed by atoms with Gasteiger partial charge in [0.15, 0.2) is 0 Å². The number of benzene rings is 3. The first kappa shape index (κ1) is 37.3. The predicted octanol–water partition coefficient (Wildman–Crippen LogP) is 4.91. The number of anilines is 1. The number of rotatable bonds is 9. The molecule has 13 heteroatoms. The van der Waals surface area contributed by atoms with Crippen molar-refractivity contribution < 1.29 is 36.2 Å². The van der Waals surface area contributed by atoms with E-state index in [2.05, 4.69) is 4.72 Å². The molecule has 0 spiro atoms. The fraction of sp³-hybridized carbons (Fsp3) is 0.457. The summed E-state index contributed by atoms with van der Waals surface area (Å²) < 4.78 is 69.5. The van der Waals surface area contributed by atoms with Crippen molar-refractivity contribution in [2.24, 2.45) is 5.92 Å². The maximum Gasteiger partial charge on any atom is 0.261 e. The first-order valence-electron chi connectivity index (χ1n) is 16.2. The lowest BCUT2D eigenvalue weighted by atomic mass is 10.0. The number of hydrogen-bond donors (Lipinski definition) is 2. The second kappa shape index (κ2) is 16.3. The van der Waals surface area contributed by atoms with Gasteiger partial charge in [0.1, 0.15) is 5.75 Å². The number of sulfonamides is 2. The van der Waals surface area contributed by atoms with Crippen LogP contribution >= 0.6 is 0 Å². The van der Waals surface area contributed by atoms with Crippen molar-refractivity contribution in [2.45, 2.75) is 75.0 Å². The van der Waals surface area contributed by atoms with E-state index in [1.165, 1.54) is 34.5 Å². The van der Waals surface area contributed by atoms with Gasteiger partial charge in [-0.1, -0.05) is 42.8 Å². The maximum atomic E-state index is 14.4. The quantitative estimate of drug-likeness (QED) is 0.321. The normalized spacial score (nSPS) is 20.8. The van der Waals surface area contributed by atoms with E-state index < -0.39 is 38.1 Å². The Labute approximate surface area is 285 Å². The maximum absolute atomic E-state index is 14.4. The van der Waals surface area contributed by atoms with Crippen molar-refractivity contribution in [1.82, 2.24) is 9.21 Å². The predicted molar refractivity (Wildman–Crippen MR) is 185 cm³/mol. The molecule has 4 rings (SSSR count). The number of nitrogens with zero attached hydrogens (tertiary/aromatic N) is 2. The molecule has 1 aliphatic rings. The Balaban J connectivity index is 1.68. The third kappa shape index (κ3) is 9.35. The molecule has 0 aliphatic carbocycles. The zero-order valence-corrected chi connectivity index (χ0v) is 29.8. The number of amides is 1. The molecule has 1 heterocycles. The van der Waals surface area contributed by atoms with Gasteiger partial charge in [-0.15, -0.1) is 0 Å². The number of aryl methyl sites for hydroxylation is 1. The molecule has 0 fully saturated rings. The summed E-state index contributed by atoms with van der Waals surface area (Å²) in [4.78, 5) is 16.1. The fourth-order valence-electron chi connectivity index (χ4n) is 5.50. The Morgan fingerprint density at radius 2 is 1.67 bits per heavy atom. The molecule has 0 saturated heterocycles. The minimum Gasteiger partial charge on any atom is -0.490 e. The van der Waals surface area contributed by atoms with Gasteiger partial charge in [0, 0.05) is 38.3 Å². The van der Waals surface area contributed by atoms with Crippen LogP contribution in [0.5, 0.6) is 5.75 Å². The van der Waals surface area contributed by atoms with Crippen LogP contribution in [0.25, 0.3) is 0 Å². The molecular weight excluding hydrogens is 655 g/mol. The van der Waals surface area contributed by atoms with Gasteiger partial charge < -0.3 is 19.5 Å². The summed E-state index contributed by atoms with van der Waals surface area (Å²) in [6.07, 6.45) is 1.31. The van der Waals surface area contributed by atoms with Crippen LogP contribution in [-0.4, -0.2) is 88.7 Å². The van der Waals surface area contributed by atoms with Crippen LogP contribution in [0, 0.1) is 12.8 Å². The molecule has 48 heavy (non-hydrogen) atoms. The van der Waals surface area contributed by atoms with Crippen LogP contribution in [-0.2, 0) is 24.8 Å². The van der Waals surface area contributed by atoms with E-state index in [9.17, 15) is 26.7 Å². The number of aliphatic hydroxyl groups is 1. The largest absolute Gasteiger partial charge is 0.490 e. The van der Waals surface area contributed by atoms with Crippen molar-refractivity contribution >= 4 is 31.6 Å². The van der Waals surface area contributed by atoms with Crippen molar-refractivity contribution in [3.63, 3.8) is 0 Å². The number of carbonyl (C=O) groups is 1. The van der Waals surface area contributed by atoms with Gasteiger partial charge in [-0.2, -0.15) is 4.31 Å². The summed E-state index contributed by atoms with van der Waals surface area (Å²) in [5, 5.41) is 10.2. The minimum absolute atomic E-state index is 0.0506. The molecule has 0 unspecified atom stereocenters. The highest BCUT2D eigenvalue weighted by Crippen LogP contribution is 2.30. The van der Waals surface area contributed by atoms with Crippen molar-refractivity contribution in [3.8, 4) is 5.75 Å². The number of carbonyl (C=O) groups excluding carboxylic acids is 1. The molecule has 0 bridgehead atoms. The molecular formula is C35H47N3O8S2.